The molecule has 1 atom stereocenters. The Bertz CT molecular complexity index is 309. The Morgan fingerprint density at radius 3 is 2.82 bits per heavy atom. The molecule has 1 saturated carbocycles. The molecule has 94 valence electrons. The van der Waals surface area contributed by atoms with E-state index in [1.54, 1.807) is 6.20 Å². The summed E-state index contributed by atoms with van der Waals surface area (Å²) in [5, 5.41) is 0. The van der Waals surface area contributed by atoms with E-state index in [0.29, 0.717) is 6.54 Å². The van der Waals surface area contributed by atoms with E-state index in [4.69, 9.17) is 10.5 Å². The van der Waals surface area contributed by atoms with Gasteiger partial charge in [-0.3, -0.25) is 4.98 Å². The van der Waals surface area contributed by atoms with Crippen molar-refractivity contribution in [3.8, 4) is 0 Å². The molecule has 3 nitrogen and oxygen atoms in total. The quantitative estimate of drug-likeness (QED) is 0.852. The van der Waals surface area contributed by atoms with Gasteiger partial charge in [-0.2, -0.15) is 0 Å². The molecule has 1 aliphatic carbocycles. The summed E-state index contributed by atoms with van der Waals surface area (Å²) in [6, 6.07) is 3.97. The molecule has 0 spiro atoms. The highest BCUT2D eigenvalue weighted by Crippen LogP contribution is 2.25. The van der Waals surface area contributed by atoms with E-state index in [1.165, 1.54) is 32.1 Å². The standard InChI is InChI=1S/C14H22N2O/c15-9-14(13-7-4-8-16-10-13)17-11-12-5-2-1-3-6-12/h4,7-8,10,12,14H,1-3,5-6,9,11,15H2. The van der Waals surface area contributed by atoms with Crippen LogP contribution in [0.2, 0.25) is 0 Å². The summed E-state index contributed by atoms with van der Waals surface area (Å²) < 4.78 is 5.95. The van der Waals surface area contributed by atoms with Gasteiger partial charge in [-0.05, 0) is 24.8 Å². The van der Waals surface area contributed by atoms with Crippen LogP contribution in [0, 0.1) is 5.92 Å². The largest absolute Gasteiger partial charge is 0.372 e. The van der Waals surface area contributed by atoms with E-state index in [9.17, 15) is 0 Å². The second-order valence-electron chi connectivity index (χ2n) is 4.85. The zero-order valence-corrected chi connectivity index (χ0v) is 10.3. The molecule has 1 unspecified atom stereocenters. The lowest BCUT2D eigenvalue weighted by molar-refractivity contribution is 0.0245. The van der Waals surface area contributed by atoms with Gasteiger partial charge in [0.2, 0.25) is 0 Å². The smallest absolute Gasteiger partial charge is 0.0962 e. The second-order valence-corrected chi connectivity index (χ2v) is 4.85. The molecule has 0 saturated heterocycles. The minimum absolute atomic E-state index is 0.00521. The molecule has 0 bridgehead atoms. The number of hydrogen-bond acceptors (Lipinski definition) is 3. The predicted molar refractivity (Wildman–Crippen MR) is 68.6 cm³/mol. The Balaban J connectivity index is 1.83. The normalized spacial score (nSPS) is 19.1. The number of pyridine rings is 1. The first kappa shape index (κ1) is 12.5. The Morgan fingerprint density at radius 2 is 2.18 bits per heavy atom. The summed E-state index contributed by atoms with van der Waals surface area (Å²) in [7, 11) is 0. The lowest BCUT2D eigenvalue weighted by Crippen LogP contribution is -2.21. The molecule has 2 rings (SSSR count). The molecule has 17 heavy (non-hydrogen) atoms. The molecule has 1 fully saturated rings. The second kappa shape index (κ2) is 6.72. The predicted octanol–water partition coefficient (Wildman–Crippen LogP) is 2.68. The van der Waals surface area contributed by atoms with Crippen LogP contribution in [-0.4, -0.2) is 18.1 Å². The topological polar surface area (TPSA) is 48.1 Å². The maximum absolute atomic E-state index is 5.95. The molecule has 0 radical (unpaired) electrons. The van der Waals surface area contributed by atoms with Crippen molar-refractivity contribution in [3.63, 3.8) is 0 Å². The zero-order valence-electron chi connectivity index (χ0n) is 10.3. The fourth-order valence-electron chi connectivity index (χ4n) is 2.47. The lowest BCUT2D eigenvalue weighted by Gasteiger charge is -2.24. The molecule has 3 heteroatoms. The van der Waals surface area contributed by atoms with Crippen molar-refractivity contribution in [3.05, 3.63) is 30.1 Å². The minimum atomic E-state index is 0.00521. The van der Waals surface area contributed by atoms with E-state index in [2.05, 4.69) is 4.98 Å². The molecule has 1 heterocycles. The average Bonchev–Trinajstić information content (AvgIpc) is 2.42. The van der Waals surface area contributed by atoms with E-state index >= 15 is 0 Å². The van der Waals surface area contributed by atoms with Crippen molar-refractivity contribution in [1.29, 1.82) is 0 Å². The first-order valence-corrected chi connectivity index (χ1v) is 6.61. The van der Waals surface area contributed by atoms with Gasteiger partial charge in [-0.15, -0.1) is 0 Å². The Kier molecular flexibility index (Phi) is 4.95. The van der Waals surface area contributed by atoms with Crippen molar-refractivity contribution in [2.45, 2.75) is 38.2 Å². The van der Waals surface area contributed by atoms with Gasteiger partial charge < -0.3 is 10.5 Å². The number of nitrogens with zero attached hydrogens (tertiary/aromatic N) is 1. The highest BCUT2D eigenvalue weighted by Gasteiger charge is 2.16. The van der Waals surface area contributed by atoms with Crippen LogP contribution in [0.25, 0.3) is 0 Å². The third-order valence-corrected chi connectivity index (χ3v) is 3.53. The van der Waals surface area contributed by atoms with Crippen molar-refractivity contribution < 1.29 is 4.74 Å². The maximum atomic E-state index is 5.95. The van der Waals surface area contributed by atoms with Crippen LogP contribution >= 0.6 is 0 Å². The van der Waals surface area contributed by atoms with Crippen LogP contribution in [0.4, 0.5) is 0 Å². The van der Waals surface area contributed by atoms with E-state index in [1.807, 2.05) is 18.3 Å². The molecular formula is C14H22N2O. The van der Waals surface area contributed by atoms with Crippen molar-refractivity contribution in [2.24, 2.45) is 11.7 Å². The monoisotopic (exact) mass is 234 g/mol. The summed E-state index contributed by atoms with van der Waals surface area (Å²) in [4.78, 5) is 4.11. The van der Waals surface area contributed by atoms with Crippen LogP contribution in [0.15, 0.2) is 24.5 Å². The third-order valence-electron chi connectivity index (χ3n) is 3.53. The van der Waals surface area contributed by atoms with Crippen molar-refractivity contribution in [1.82, 2.24) is 4.98 Å². The molecular weight excluding hydrogens is 212 g/mol. The molecule has 1 aromatic rings. The van der Waals surface area contributed by atoms with Gasteiger partial charge in [0.05, 0.1) is 12.7 Å². The number of nitrogens with two attached hydrogens (primary N) is 1. The van der Waals surface area contributed by atoms with Crippen LogP contribution in [0.5, 0.6) is 0 Å². The molecule has 1 aliphatic rings. The van der Waals surface area contributed by atoms with E-state index < -0.39 is 0 Å². The lowest BCUT2D eigenvalue weighted by atomic mass is 9.90. The maximum Gasteiger partial charge on any atom is 0.0962 e. The van der Waals surface area contributed by atoms with Gasteiger partial charge >= 0.3 is 0 Å². The Labute approximate surface area is 103 Å². The Hall–Kier alpha value is -0.930. The fourth-order valence-corrected chi connectivity index (χ4v) is 2.47. The first-order chi connectivity index (χ1) is 8.40. The molecule has 0 aromatic carbocycles. The van der Waals surface area contributed by atoms with Gasteiger partial charge in [0, 0.05) is 24.5 Å². The van der Waals surface area contributed by atoms with Crippen LogP contribution in [0.3, 0.4) is 0 Å². The third kappa shape index (κ3) is 3.79. The van der Waals surface area contributed by atoms with Crippen LogP contribution < -0.4 is 5.73 Å². The molecule has 0 aliphatic heterocycles. The van der Waals surface area contributed by atoms with Gasteiger partial charge in [0.1, 0.15) is 0 Å². The SMILES string of the molecule is NCC(OCC1CCCCC1)c1cccnc1. The number of ether oxygens (including phenoxy) is 1. The van der Waals surface area contributed by atoms with Crippen molar-refractivity contribution in [2.75, 3.05) is 13.2 Å². The minimum Gasteiger partial charge on any atom is -0.372 e. The van der Waals surface area contributed by atoms with Crippen molar-refractivity contribution >= 4 is 0 Å². The molecule has 0 amide bonds. The van der Waals surface area contributed by atoms with Gasteiger partial charge in [-0.1, -0.05) is 25.3 Å². The van der Waals surface area contributed by atoms with Gasteiger partial charge in [0.15, 0.2) is 0 Å². The summed E-state index contributed by atoms with van der Waals surface area (Å²) in [6.45, 7) is 1.37. The van der Waals surface area contributed by atoms with E-state index in [-0.39, 0.29) is 6.10 Å². The summed E-state index contributed by atoms with van der Waals surface area (Å²) in [5.41, 5.74) is 6.86. The molecule has 2 N–H and O–H groups in total. The first-order valence-electron chi connectivity index (χ1n) is 6.61. The Morgan fingerprint density at radius 1 is 1.35 bits per heavy atom. The van der Waals surface area contributed by atoms with Gasteiger partial charge in [0.25, 0.3) is 0 Å². The summed E-state index contributed by atoms with van der Waals surface area (Å²) in [5.74, 6) is 0.731. The highest BCUT2D eigenvalue weighted by molar-refractivity contribution is 5.12. The van der Waals surface area contributed by atoms with Crippen LogP contribution in [-0.2, 0) is 4.74 Å². The number of rotatable bonds is 5. The highest BCUT2D eigenvalue weighted by atomic mass is 16.5. The fraction of sp³-hybridized carbons (Fsp3) is 0.643. The summed E-state index contributed by atoms with van der Waals surface area (Å²) in [6.07, 6.45) is 10.3. The van der Waals surface area contributed by atoms with Crippen LogP contribution in [0.1, 0.15) is 43.8 Å². The number of aromatic nitrogens is 1. The number of hydrogen-bond donors (Lipinski definition) is 1. The molecule has 1 aromatic heterocycles. The summed E-state index contributed by atoms with van der Waals surface area (Å²) >= 11 is 0. The van der Waals surface area contributed by atoms with E-state index in [0.717, 1.165) is 18.1 Å². The zero-order chi connectivity index (χ0) is 11.9. The van der Waals surface area contributed by atoms with Gasteiger partial charge in [-0.25, -0.2) is 0 Å². The average molecular weight is 234 g/mol.